The second kappa shape index (κ2) is 3.83. The van der Waals surface area contributed by atoms with E-state index in [4.69, 9.17) is 5.73 Å². The minimum absolute atomic E-state index is 0.268. The van der Waals surface area contributed by atoms with Crippen LogP contribution in [0.3, 0.4) is 0 Å². The van der Waals surface area contributed by atoms with Gasteiger partial charge in [-0.2, -0.15) is 0 Å². The second-order valence-corrected chi connectivity index (χ2v) is 3.16. The first-order valence-electron chi connectivity index (χ1n) is 4.17. The van der Waals surface area contributed by atoms with E-state index in [1.807, 2.05) is 19.1 Å². The molecule has 3 heteroatoms. The first-order chi connectivity index (χ1) is 6.05. The van der Waals surface area contributed by atoms with Gasteiger partial charge in [0.05, 0.1) is 6.54 Å². The summed E-state index contributed by atoms with van der Waals surface area (Å²) < 4.78 is 25.8. The van der Waals surface area contributed by atoms with Crippen LogP contribution >= 0.6 is 0 Å². The third kappa shape index (κ3) is 2.77. The third-order valence-electron chi connectivity index (χ3n) is 2.01. The van der Waals surface area contributed by atoms with E-state index in [1.165, 1.54) is 0 Å². The summed E-state index contributed by atoms with van der Waals surface area (Å²) in [6.45, 7) is 1.23. The summed E-state index contributed by atoms with van der Waals surface area (Å²) in [5, 5.41) is 0. The third-order valence-corrected chi connectivity index (χ3v) is 2.01. The lowest BCUT2D eigenvalue weighted by Gasteiger charge is -2.14. The van der Waals surface area contributed by atoms with Crippen LogP contribution in [0.2, 0.25) is 0 Å². The van der Waals surface area contributed by atoms with E-state index in [9.17, 15) is 8.78 Å². The molecule has 0 saturated carbocycles. The zero-order valence-corrected chi connectivity index (χ0v) is 7.56. The number of nitrogens with two attached hydrogens (primary N) is 1. The molecule has 0 saturated heterocycles. The minimum Gasteiger partial charge on any atom is -0.325 e. The Labute approximate surface area is 76.6 Å². The van der Waals surface area contributed by atoms with Gasteiger partial charge in [-0.25, -0.2) is 8.78 Å². The van der Waals surface area contributed by atoms with Crippen LogP contribution in [0, 0.1) is 6.92 Å². The smallest absolute Gasteiger partial charge is 0.264 e. The molecule has 0 heterocycles. The molecule has 2 N–H and O–H groups in total. The van der Waals surface area contributed by atoms with Gasteiger partial charge in [-0.1, -0.05) is 24.3 Å². The lowest BCUT2D eigenvalue weighted by Crippen LogP contribution is -2.30. The first kappa shape index (κ1) is 10.1. The fourth-order valence-corrected chi connectivity index (χ4v) is 1.16. The number of halogens is 2. The topological polar surface area (TPSA) is 26.0 Å². The normalized spacial score (nSPS) is 11.7. The molecule has 0 spiro atoms. The van der Waals surface area contributed by atoms with Gasteiger partial charge in [0.2, 0.25) is 0 Å². The van der Waals surface area contributed by atoms with Crippen molar-refractivity contribution in [1.82, 2.24) is 0 Å². The van der Waals surface area contributed by atoms with E-state index >= 15 is 0 Å². The van der Waals surface area contributed by atoms with Gasteiger partial charge in [0.1, 0.15) is 0 Å². The molecule has 0 amide bonds. The molecule has 0 fully saturated rings. The molecule has 0 unspecified atom stereocenters. The van der Waals surface area contributed by atoms with E-state index in [1.54, 1.807) is 12.1 Å². The predicted octanol–water partition coefficient (Wildman–Crippen LogP) is 2.13. The summed E-state index contributed by atoms with van der Waals surface area (Å²) in [4.78, 5) is 0. The average Bonchev–Trinajstić information content (AvgIpc) is 2.09. The number of benzene rings is 1. The van der Waals surface area contributed by atoms with Gasteiger partial charge in [-0.3, -0.25) is 0 Å². The Hall–Kier alpha value is -0.960. The van der Waals surface area contributed by atoms with E-state index in [-0.39, 0.29) is 6.42 Å². The van der Waals surface area contributed by atoms with Gasteiger partial charge in [0.25, 0.3) is 5.92 Å². The lowest BCUT2D eigenvalue weighted by atomic mass is 10.0. The van der Waals surface area contributed by atoms with Crippen LogP contribution in [-0.4, -0.2) is 12.5 Å². The quantitative estimate of drug-likeness (QED) is 0.767. The Kier molecular flexibility index (Phi) is 2.98. The van der Waals surface area contributed by atoms with Gasteiger partial charge < -0.3 is 5.73 Å². The molecule has 1 nitrogen and oxygen atoms in total. The van der Waals surface area contributed by atoms with Crippen LogP contribution in [0.4, 0.5) is 8.78 Å². The molecule has 0 aliphatic heterocycles. The van der Waals surface area contributed by atoms with Crippen molar-refractivity contribution < 1.29 is 8.78 Å². The second-order valence-electron chi connectivity index (χ2n) is 3.16. The van der Waals surface area contributed by atoms with Gasteiger partial charge in [0.15, 0.2) is 0 Å². The molecular weight excluding hydrogens is 172 g/mol. The van der Waals surface area contributed by atoms with Crippen molar-refractivity contribution in [2.24, 2.45) is 5.73 Å². The first-order valence-corrected chi connectivity index (χ1v) is 4.17. The van der Waals surface area contributed by atoms with Crippen LogP contribution in [-0.2, 0) is 6.42 Å². The summed E-state index contributed by atoms with van der Waals surface area (Å²) in [5.41, 5.74) is 6.50. The van der Waals surface area contributed by atoms with E-state index in [0.29, 0.717) is 5.56 Å². The highest BCUT2D eigenvalue weighted by atomic mass is 19.3. The lowest BCUT2D eigenvalue weighted by molar-refractivity contribution is 0.0113. The van der Waals surface area contributed by atoms with Crippen LogP contribution < -0.4 is 5.73 Å². The van der Waals surface area contributed by atoms with E-state index in [0.717, 1.165) is 5.56 Å². The number of hydrogen-bond donors (Lipinski definition) is 1. The predicted molar refractivity (Wildman–Crippen MR) is 48.9 cm³/mol. The van der Waals surface area contributed by atoms with Crippen molar-refractivity contribution in [3.05, 3.63) is 35.4 Å². The summed E-state index contributed by atoms with van der Waals surface area (Å²) in [5.74, 6) is -2.79. The van der Waals surface area contributed by atoms with Crippen molar-refractivity contribution >= 4 is 0 Å². The SMILES string of the molecule is Cc1ccccc1CC(F)(F)CN. The van der Waals surface area contributed by atoms with Crippen LogP contribution in [0.25, 0.3) is 0 Å². The molecule has 0 bridgehead atoms. The molecule has 13 heavy (non-hydrogen) atoms. The summed E-state index contributed by atoms with van der Waals surface area (Å²) in [6.07, 6.45) is -0.268. The molecule has 1 aromatic rings. The zero-order valence-electron chi connectivity index (χ0n) is 7.56. The molecule has 0 aromatic heterocycles. The van der Waals surface area contributed by atoms with E-state index < -0.39 is 12.5 Å². The van der Waals surface area contributed by atoms with Crippen LogP contribution in [0.5, 0.6) is 0 Å². The van der Waals surface area contributed by atoms with Gasteiger partial charge >= 0.3 is 0 Å². The van der Waals surface area contributed by atoms with Crippen molar-refractivity contribution in [3.8, 4) is 0 Å². The molecule has 1 rings (SSSR count). The highest BCUT2D eigenvalue weighted by Gasteiger charge is 2.27. The van der Waals surface area contributed by atoms with Crippen molar-refractivity contribution in [1.29, 1.82) is 0 Å². The standard InChI is InChI=1S/C10H13F2N/c1-8-4-2-3-5-9(8)6-10(11,12)7-13/h2-5H,6-7,13H2,1H3. The van der Waals surface area contributed by atoms with Crippen molar-refractivity contribution in [3.63, 3.8) is 0 Å². The number of rotatable bonds is 3. The maximum atomic E-state index is 12.9. The van der Waals surface area contributed by atoms with Crippen molar-refractivity contribution in [2.75, 3.05) is 6.54 Å². The fraction of sp³-hybridized carbons (Fsp3) is 0.400. The fourth-order valence-electron chi connectivity index (χ4n) is 1.16. The summed E-state index contributed by atoms with van der Waals surface area (Å²) in [6, 6.07) is 7.12. The molecule has 0 radical (unpaired) electrons. The number of alkyl halides is 2. The van der Waals surface area contributed by atoms with Crippen molar-refractivity contribution in [2.45, 2.75) is 19.3 Å². The monoisotopic (exact) mass is 185 g/mol. The largest absolute Gasteiger partial charge is 0.325 e. The molecule has 0 aliphatic carbocycles. The van der Waals surface area contributed by atoms with Crippen LogP contribution in [0.15, 0.2) is 24.3 Å². The van der Waals surface area contributed by atoms with Gasteiger partial charge in [-0.05, 0) is 18.1 Å². The Morgan fingerprint density at radius 3 is 2.46 bits per heavy atom. The Morgan fingerprint density at radius 1 is 1.31 bits per heavy atom. The Bertz CT molecular complexity index is 284. The highest BCUT2D eigenvalue weighted by Crippen LogP contribution is 2.20. The highest BCUT2D eigenvalue weighted by molar-refractivity contribution is 5.26. The molecule has 1 aromatic carbocycles. The van der Waals surface area contributed by atoms with Gasteiger partial charge in [0, 0.05) is 6.42 Å². The van der Waals surface area contributed by atoms with E-state index in [2.05, 4.69) is 0 Å². The molecule has 0 aliphatic rings. The Balaban J connectivity index is 2.80. The maximum Gasteiger partial charge on any atom is 0.264 e. The minimum atomic E-state index is -2.79. The molecule has 72 valence electrons. The molecular formula is C10H13F2N. The maximum absolute atomic E-state index is 12.9. The Morgan fingerprint density at radius 2 is 1.92 bits per heavy atom. The van der Waals surface area contributed by atoms with Gasteiger partial charge in [-0.15, -0.1) is 0 Å². The number of hydrogen-bond acceptors (Lipinski definition) is 1. The van der Waals surface area contributed by atoms with Crippen LogP contribution in [0.1, 0.15) is 11.1 Å². The average molecular weight is 185 g/mol. The number of aryl methyl sites for hydroxylation is 1. The zero-order chi connectivity index (χ0) is 9.90. The summed E-state index contributed by atoms with van der Waals surface area (Å²) >= 11 is 0. The molecule has 0 atom stereocenters. The summed E-state index contributed by atoms with van der Waals surface area (Å²) in [7, 11) is 0.